The molecule has 0 spiro atoms. The summed E-state index contributed by atoms with van der Waals surface area (Å²) in [5.41, 5.74) is -3.13. The predicted octanol–water partition coefficient (Wildman–Crippen LogP) is 3.90. The molecule has 1 aromatic rings. The van der Waals surface area contributed by atoms with Gasteiger partial charge in [0, 0.05) is 12.1 Å². The standard InChI is InChI=1S/C19H24F2O6/c1-18(2,3)27-17(24)19(21)7-5-11(6-8-19)26-15-9-12(16(22)23)14(25-4)10-13(15)20/h9-11H,5-8H2,1-4H3,(H,22,23)/t11-,19-. The molecule has 0 atom stereocenters. The maximum absolute atomic E-state index is 14.9. The van der Waals surface area contributed by atoms with E-state index in [1.54, 1.807) is 20.8 Å². The number of rotatable bonds is 5. The highest BCUT2D eigenvalue weighted by Crippen LogP contribution is 2.37. The van der Waals surface area contributed by atoms with Gasteiger partial charge in [0.05, 0.1) is 13.2 Å². The number of hydrogen-bond donors (Lipinski definition) is 1. The summed E-state index contributed by atoms with van der Waals surface area (Å²) in [4.78, 5) is 23.3. The van der Waals surface area contributed by atoms with Gasteiger partial charge < -0.3 is 19.3 Å². The van der Waals surface area contributed by atoms with Crippen LogP contribution >= 0.6 is 0 Å². The van der Waals surface area contributed by atoms with Gasteiger partial charge in [-0.3, -0.25) is 0 Å². The van der Waals surface area contributed by atoms with Crippen LogP contribution in [0.4, 0.5) is 8.78 Å². The van der Waals surface area contributed by atoms with Crippen molar-refractivity contribution in [1.82, 2.24) is 0 Å². The summed E-state index contributed by atoms with van der Waals surface area (Å²) in [6.07, 6.45) is -0.430. The molecule has 1 aromatic carbocycles. The van der Waals surface area contributed by atoms with Gasteiger partial charge in [-0.25, -0.2) is 18.4 Å². The number of aromatic carboxylic acids is 1. The van der Waals surface area contributed by atoms with Gasteiger partial charge in [0.1, 0.15) is 16.9 Å². The molecule has 1 aliphatic rings. The largest absolute Gasteiger partial charge is 0.496 e. The van der Waals surface area contributed by atoms with Crippen LogP contribution in [0.5, 0.6) is 11.5 Å². The number of carboxylic acid groups (broad SMARTS) is 1. The number of hydrogen-bond acceptors (Lipinski definition) is 5. The van der Waals surface area contributed by atoms with Gasteiger partial charge in [0.2, 0.25) is 5.67 Å². The van der Waals surface area contributed by atoms with E-state index in [1.165, 1.54) is 7.11 Å². The summed E-state index contributed by atoms with van der Waals surface area (Å²) in [5, 5.41) is 9.18. The number of benzene rings is 1. The molecule has 1 aliphatic carbocycles. The van der Waals surface area contributed by atoms with Crippen molar-refractivity contribution in [2.75, 3.05) is 7.11 Å². The van der Waals surface area contributed by atoms with Crippen LogP contribution in [-0.2, 0) is 9.53 Å². The average molecular weight is 386 g/mol. The Labute approximate surface area is 156 Å². The first-order valence-corrected chi connectivity index (χ1v) is 8.65. The van der Waals surface area contributed by atoms with E-state index in [-0.39, 0.29) is 42.7 Å². The van der Waals surface area contributed by atoms with Crippen LogP contribution < -0.4 is 9.47 Å². The Kier molecular flexibility index (Phi) is 5.97. The van der Waals surface area contributed by atoms with E-state index >= 15 is 0 Å². The molecule has 0 radical (unpaired) electrons. The maximum Gasteiger partial charge on any atom is 0.344 e. The molecule has 0 heterocycles. The Hall–Kier alpha value is -2.38. The van der Waals surface area contributed by atoms with Crippen molar-refractivity contribution >= 4 is 11.9 Å². The highest BCUT2D eigenvalue weighted by molar-refractivity contribution is 5.91. The number of esters is 1. The zero-order valence-electron chi connectivity index (χ0n) is 15.8. The number of methoxy groups -OCH3 is 1. The second-order valence-electron chi connectivity index (χ2n) is 7.57. The summed E-state index contributed by atoms with van der Waals surface area (Å²) in [7, 11) is 1.24. The number of carboxylic acids is 1. The fraction of sp³-hybridized carbons (Fsp3) is 0.579. The fourth-order valence-corrected chi connectivity index (χ4v) is 2.88. The van der Waals surface area contributed by atoms with Crippen LogP contribution in [0.15, 0.2) is 12.1 Å². The molecule has 0 amide bonds. The molecule has 1 fully saturated rings. The molecule has 150 valence electrons. The molecule has 0 unspecified atom stereocenters. The first-order valence-electron chi connectivity index (χ1n) is 8.65. The van der Waals surface area contributed by atoms with Crippen LogP contribution in [0.2, 0.25) is 0 Å². The molecule has 2 rings (SSSR count). The third-order valence-electron chi connectivity index (χ3n) is 4.27. The van der Waals surface area contributed by atoms with Gasteiger partial charge in [-0.1, -0.05) is 0 Å². The van der Waals surface area contributed by atoms with E-state index in [1.807, 2.05) is 0 Å². The van der Waals surface area contributed by atoms with Gasteiger partial charge in [0.25, 0.3) is 0 Å². The monoisotopic (exact) mass is 386 g/mol. The van der Waals surface area contributed by atoms with Crippen LogP contribution in [0.25, 0.3) is 0 Å². The molecule has 6 nitrogen and oxygen atoms in total. The number of carbonyl (C=O) groups excluding carboxylic acids is 1. The molecule has 1 saturated carbocycles. The zero-order valence-corrected chi connectivity index (χ0v) is 15.8. The Balaban J connectivity index is 2.06. The number of carbonyl (C=O) groups is 2. The minimum atomic E-state index is -2.10. The van der Waals surface area contributed by atoms with Crippen molar-refractivity contribution in [1.29, 1.82) is 0 Å². The quantitative estimate of drug-likeness (QED) is 0.773. The van der Waals surface area contributed by atoms with Crippen LogP contribution in [0.3, 0.4) is 0 Å². The third kappa shape index (κ3) is 5.08. The van der Waals surface area contributed by atoms with Gasteiger partial charge in [-0.2, -0.15) is 0 Å². The fourth-order valence-electron chi connectivity index (χ4n) is 2.88. The van der Waals surface area contributed by atoms with Crippen LogP contribution in [0.1, 0.15) is 56.8 Å². The molecular formula is C19H24F2O6. The molecule has 0 bridgehead atoms. The highest BCUT2D eigenvalue weighted by atomic mass is 19.1. The minimum Gasteiger partial charge on any atom is -0.496 e. The van der Waals surface area contributed by atoms with Crippen molar-refractivity contribution in [3.63, 3.8) is 0 Å². The lowest BCUT2D eigenvalue weighted by Gasteiger charge is -2.34. The number of ether oxygens (including phenoxy) is 3. The smallest absolute Gasteiger partial charge is 0.344 e. The van der Waals surface area contributed by atoms with Crippen LogP contribution in [-0.4, -0.2) is 41.5 Å². The minimum absolute atomic E-state index is 0.115. The zero-order chi connectivity index (χ0) is 20.4. The molecule has 0 saturated heterocycles. The first-order chi connectivity index (χ1) is 12.4. The second-order valence-corrected chi connectivity index (χ2v) is 7.57. The molecular weight excluding hydrogens is 362 g/mol. The average Bonchev–Trinajstić information content (AvgIpc) is 2.56. The lowest BCUT2D eigenvalue weighted by molar-refractivity contribution is -0.173. The maximum atomic E-state index is 14.9. The summed E-state index contributed by atoms with van der Waals surface area (Å²) in [6.45, 7) is 4.99. The van der Waals surface area contributed by atoms with E-state index in [9.17, 15) is 23.5 Å². The Morgan fingerprint density at radius 2 is 1.78 bits per heavy atom. The number of alkyl halides is 1. The van der Waals surface area contributed by atoms with Gasteiger partial charge in [-0.15, -0.1) is 0 Å². The topological polar surface area (TPSA) is 82.1 Å². The molecule has 8 heteroatoms. The van der Waals surface area contributed by atoms with Crippen molar-refractivity contribution in [2.24, 2.45) is 0 Å². The normalized spacial score (nSPS) is 22.8. The van der Waals surface area contributed by atoms with Crippen molar-refractivity contribution in [2.45, 2.75) is 63.8 Å². The molecule has 0 aromatic heterocycles. The molecule has 1 N–H and O–H groups in total. The third-order valence-corrected chi connectivity index (χ3v) is 4.27. The summed E-state index contributed by atoms with van der Waals surface area (Å²) >= 11 is 0. The van der Waals surface area contributed by atoms with Gasteiger partial charge >= 0.3 is 11.9 Å². The summed E-state index contributed by atoms with van der Waals surface area (Å²) in [6, 6.07) is 1.98. The van der Waals surface area contributed by atoms with Crippen molar-refractivity contribution in [3.05, 3.63) is 23.5 Å². The lowest BCUT2D eigenvalue weighted by Crippen LogP contribution is -2.44. The molecule has 27 heavy (non-hydrogen) atoms. The Morgan fingerprint density at radius 3 is 2.26 bits per heavy atom. The second kappa shape index (κ2) is 7.70. The highest BCUT2D eigenvalue weighted by Gasteiger charge is 2.45. The Morgan fingerprint density at radius 1 is 1.19 bits per heavy atom. The SMILES string of the molecule is COc1cc(F)c(O[C@H]2CC[C@@](F)(C(=O)OC(C)(C)C)CC2)cc1C(=O)O. The van der Waals surface area contributed by atoms with E-state index in [2.05, 4.69) is 0 Å². The number of halogens is 2. The molecule has 0 aliphatic heterocycles. The lowest BCUT2D eigenvalue weighted by atomic mass is 9.84. The van der Waals surface area contributed by atoms with Crippen LogP contribution in [0, 0.1) is 5.82 Å². The van der Waals surface area contributed by atoms with E-state index in [4.69, 9.17) is 14.2 Å². The summed E-state index contributed by atoms with van der Waals surface area (Å²) in [5.74, 6) is -3.34. The van der Waals surface area contributed by atoms with E-state index in [0.717, 1.165) is 12.1 Å². The Bertz CT molecular complexity index is 718. The van der Waals surface area contributed by atoms with Gasteiger partial charge in [-0.05, 0) is 46.5 Å². The van der Waals surface area contributed by atoms with Crippen molar-refractivity contribution in [3.8, 4) is 11.5 Å². The van der Waals surface area contributed by atoms with E-state index in [0.29, 0.717) is 0 Å². The van der Waals surface area contributed by atoms with Gasteiger partial charge in [0.15, 0.2) is 11.6 Å². The first kappa shape index (κ1) is 20.9. The predicted molar refractivity (Wildman–Crippen MR) is 92.5 cm³/mol. The van der Waals surface area contributed by atoms with Crippen molar-refractivity contribution < 1.29 is 37.7 Å². The summed E-state index contributed by atoms with van der Waals surface area (Å²) < 4.78 is 44.5. The van der Waals surface area contributed by atoms with E-state index < -0.39 is 35.1 Å².